The molecule has 0 aliphatic rings. The molecule has 0 bridgehead atoms. The number of rotatable bonds is 8. The smallest absolute Gasteiger partial charge is 0.336 e. The first kappa shape index (κ1) is 24.7. The lowest BCUT2D eigenvalue weighted by Gasteiger charge is -2.16. The van der Waals surface area contributed by atoms with E-state index in [0.29, 0.717) is 33.8 Å². The Morgan fingerprint density at radius 2 is 0.811 bits per heavy atom. The summed E-state index contributed by atoms with van der Waals surface area (Å²) in [5.41, 5.74) is 0.357. The Morgan fingerprint density at radius 3 is 1.16 bits per heavy atom. The van der Waals surface area contributed by atoms with Gasteiger partial charge < -0.3 is 25.2 Å². The molecule has 0 spiro atoms. The molecule has 0 saturated carbocycles. The average molecular weight is 498 g/mol. The lowest BCUT2D eigenvalue weighted by Crippen LogP contribution is -2.08. The zero-order valence-electron chi connectivity index (χ0n) is 18.9. The van der Waals surface area contributed by atoms with Crippen LogP contribution in [-0.4, -0.2) is 44.3 Å². The molecule has 0 heterocycles. The van der Waals surface area contributed by atoms with Gasteiger partial charge in [0.15, 0.2) is 0 Å². The average Bonchev–Trinajstić information content (AvgIpc) is 2.88. The van der Waals surface area contributed by atoms with Gasteiger partial charge >= 0.3 is 23.9 Å². The zero-order chi connectivity index (χ0) is 26.7. The fourth-order valence-electron chi connectivity index (χ4n) is 3.86. The third-order valence-electron chi connectivity index (χ3n) is 5.58. The Balaban J connectivity index is 1.79. The van der Waals surface area contributed by atoms with Gasteiger partial charge in [-0.05, 0) is 47.5 Å². The Bertz CT molecular complexity index is 1450. The highest BCUT2D eigenvalue weighted by molar-refractivity contribution is 6.03. The van der Waals surface area contributed by atoms with E-state index in [4.69, 9.17) is 4.74 Å². The topological polar surface area (TPSA) is 158 Å². The van der Waals surface area contributed by atoms with Gasteiger partial charge in [0.2, 0.25) is 0 Å². The summed E-state index contributed by atoms with van der Waals surface area (Å²) in [7, 11) is 0. The Morgan fingerprint density at radius 1 is 0.459 bits per heavy atom. The minimum atomic E-state index is -1.39. The number of aromatic carboxylic acids is 4. The van der Waals surface area contributed by atoms with Gasteiger partial charge in [-0.25, -0.2) is 19.2 Å². The van der Waals surface area contributed by atoms with E-state index in [-0.39, 0.29) is 22.3 Å². The molecule has 0 radical (unpaired) electrons. The normalized spacial score (nSPS) is 10.5. The van der Waals surface area contributed by atoms with Crippen molar-refractivity contribution >= 4 is 23.9 Å². The molecule has 184 valence electrons. The number of para-hydroxylation sites is 2. The summed E-state index contributed by atoms with van der Waals surface area (Å²) in [6.07, 6.45) is 0. The first-order valence-electron chi connectivity index (χ1n) is 10.7. The van der Waals surface area contributed by atoms with Crippen molar-refractivity contribution in [2.24, 2.45) is 0 Å². The molecule has 0 saturated heterocycles. The second-order valence-electron chi connectivity index (χ2n) is 7.84. The van der Waals surface area contributed by atoms with Gasteiger partial charge in [-0.2, -0.15) is 0 Å². The molecule has 0 aliphatic heterocycles. The molecule has 0 amide bonds. The molecule has 4 N–H and O–H groups in total. The summed E-state index contributed by atoms with van der Waals surface area (Å²) < 4.78 is 6.18. The maximum absolute atomic E-state index is 11.7. The fraction of sp³-hybridized carbons (Fsp3) is 0. The fourth-order valence-corrected chi connectivity index (χ4v) is 3.86. The molecule has 0 aliphatic carbocycles. The highest BCUT2D eigenvalue weighted by atomic mass is 16.5. The molecular formula is C28H18O9. The Labute approximate surface area is 209 Å². The minimum absolute atomic E-state index is 0.329. The van der Waals surface area contributed by atoms with Gasteiger partial charge in [-0.15, -0.1) is 0 Å². The number of carboxylic acid groups (broad SMARTS) is 4. The van der Waals surface area contributed by atoms with Crippen LogP contribution in [0.5, 0.6) is 11.5 Å². The summed E-state index contributed by atoms with van der Waals surface area (Å²) in [5.74, 6) is -4.84. The predicted octanol–water partition coefficient (Wildman–Crippen LogP) is 5.61. The van der Waals surface area contributed by atoms with Gasteiger partial charge in [0.1, 0.15) is 11.5 Å². The van der Waals surface area contributed by atoms with Crippen LogP contribution < -0.4 is 4.74 Å². The van der Waals surface area contributed by atoms with E-state index >= 15 is 0 Å². The third-order valence-corrected chi connectivity index (χ3v) is 5.58. The summed E-state index contributed by atoms with van der Waals surface area (Å²) in [6.45, 7) is 0. The molecule has 4 aromatic carbocycles. The van der Waals surface area contributed by atoms with Crippen LogP contribution in [-0.2, 0) is 0 Å². The number of benzene rings is 4. The number of hydrogen-bond acceptors (Lipinski definition) is 5. The SMILES string of the molecule is O=C(O)c1ccc(-c2ccccc2Oc2ccccc2-c2ccc(C(=O)O)c(C(=O)O)c2)cc1C(=O)O. The molecule has 37 heavy (non-hydrogen) atoms. The Kier molecular flexibility index (Phi) is 6.70. The predicted molar refractivity (Wildman–Crippen MR) is 132 cm³/mol. The van der Waals surface area contributed by atoms with Gasteiger partial charge in [0, 0.05) is 11.1 Å². The van der Waals surface area contributed by atoms with E-state index in [9.17, 15) is 39.6 Å². The maximum atomic E-state index is 11.7. The van der Waals surface area contributed by atoms with Crippen molar-refractivity contribution in [1.82, 2.24) is 0 Å². The van der Waals surface area contributed by atoms with Gasteiger partial charge in [-0.1, -0.05) is 48.5 Å². The van der Waals surface area contributed by atoms with Crippen molar-refractivity contribution in [3.05, 3.63) is 107 Å². The second-order valence-corrected chi connectivity index (χ2v) is 7.84. The van der Waals surface area contributed by atoms with Crippen LogP contribution in [0, 0.1) is 0 Å². The molecule has 0 atom stereocenters. The van der Waals surface area contributed by atoms with Crippen molar-refractivity contribution in [3.8, 4) is 33.8 Å². The van der Waals surface area contributed by atoms with E-state index in [1.54, 1.807) is 48.5 Å². The largest absolute Gasteiger partial charge is 0.478 e. The first-order valence-corrected chi connectivity index (χ1v) is 10.7. The number of carbonyl (C=O) groups is 4. The van der Waals surface area contributed by atoms with Crippen molar-refractivity contribution in [2.75, 3.05) is 0 Å². The molecule has 0 aromatic heterocycles. The lowest BCUT2D eigenvalue weighted by molar-refractivity contribution is 0.0651. The third kappa shape index (κ3) is 5.01. The van der Waals surface area contributed by atoms with Gasteiger partial charge in [0.05, 0.1) is 22.3 Å². The van der Waals surface area contributed by atoms with Crippen LogP contribution in [0.2, 0.25) is 0 Å². The zero-order valence-corrected chi connectivity index (χ0v) is 18.9. The molecule has 0 fully saturated rings. The monoisotopic (exact) mass is 498 g/mol. The number of hydrogen-bond donors (Lipinski definition) is 4. The number of ether oxygens (including phenoxy) is 1. The van der Waals surface area contributed by atoms with Crippen LogP contribution in [0.15, 0.2) is 84.9 Å². The van der Waals surface area contributed by atoms with Crippen molar-refractivity contribution in [3.63, 3.8) is 0 Å². The highest BCUT2D eigenvalue weighted by Gasteiger charge is 2.20. The van der Waals surface area contributed by atoms with Gasteiger partial charge in [0.25, 0.3) is 0 Å². The second kappa shape index (κ2) is 10.0. The summed E-state index contributed by atoms with van der Waals surface area (Å²) in [6, 6.07) is 21.4. The van der Waals surface area contributed by atoms with E-state index in [0.717, 1.165) is 0 Å². The quantitative estimate of drug-likeness (QED) is 0.242. The molecule has 0 unspecified atom stereocenters. The van der Waals surface area contributed by atoms with Gasteiger partial charge in [-0.3, -0.25) is 0 Å². The summed E-state index contributed by atoms with van der Waals surface area (Å²) >= 11 is 0. The van der Waals surface area contributed by atoms with Crippen LogP contribution in [0.1, 0.15) is 41.4 Å². The van der Waals surface area contributed by atoms with Crippen LogP contribution in [0.4, 0.5) is 0 Å². The van der Waals surface area contributed by atoms with Crippen LogP contribution >= 0.6 is 0 Å². The van der Waals surface area contributed by atoms with Crippen LogP contribution in [0.25, 0.3) is 22.3 Å². The number of carboxylic acids is 4. The highest BCUT2D eigenvalue weighted by Crippen LogP contribution is 2.38. The van der Waals surface area contributed by atoms with E-state index in [1.165, 1.54) is 36.4 Å². The van der Waals surface area contributed by atoms with Crippen molar-refractivity contribution in [1.29, 1.82) is 0 Å². The van der Waals surface area contributed by atoms with E-state index in [1.807, 2.05) is 0 Å². The Hall–Kier alpha value is -5.44. The molecule has 9 heteroatoms. The lowest BCUT2D eigenvalue weighted by atomic mass is 9.97. The summed E-state index contributed by atoms with van der Waals surface area (Å²) in [4.78, 5) is 46.2. The van der Waals surface area contributed by atoms with Crippen molar-refractivity contribution in [2.45, 2.75) is 0 Å². The minimum Gasteiger partial charge on any atom is -0.478 e. The van der Waals surface area contributed by atoms with Crippen LogP contribution in [0.3, 0.4) is 0 Å². The maximum Gasteiger partial charge on any atom is 0.336 e. The van der Waals surface area contributed by atoms with E-state index < -0.39 is 23.9 Å². The molecule has 9 nitrogen and oxygen atoms in total. The molecule has 4 aromatic rings. The standard InChI is InChI=1S/C28H18O9/c29-25(30)19-11-9-15(13-21(19)27(33)34)17-5-1-3-7-23(17)37-24-8-4-2-6-18(24)16-10-12-20(26(31)32)22(14-16)28(35)36/h1-14H,(H,29,30)(H,31,32)(H,33,34)(H,35,36). The molecular weight excluding hydrogens is 480 g/mol. The van der Waals surface area contributed by atoms with Crippen molar-refractivity contribution < 1.29 is 44.3 Å². The molecule has 4 rings (SSSR count). The van der Waals surface area contributed by atoms with E-state index in [2.05, 4.69) is 0 Å². The first-order chi connectivity index (χ1) is 17.7. The summed E-state index contributed by atoms with van der Waals surface area (Å²) in [5, 5.41) is 37.6.